The second-order valence-electron chi connectivity index (χ2n) is 2.96. The van der Waals surface area contributed by atoms with Crippen LogP contribution >= 0.6 is 0 Å². The van der Waals surface area contributed by atoms with Gasteiger partial charge in [-0.2, -0.15) is 0 Å². The van der Waals surface area contributed by atoms with Crippen LogP contribution in [0.4, 0.5) is 5.88 Å². The number of hydrogen-bond donors (Lipinski definition) is 2. The number of anilines is 1. The number of nitrogens with zero attached hydrogens (tertiary/aromatic N) is 1. The molecular weight excluding hydrogens is 196 g/mol. The number of aromatic nitrogens is 1. The number of methoxy groups -OCH3 is 1. The fraction of sp³-hybridized carbons (Fsp3) is 0.100. The highest BCUT2D eigenvalue weighted by molar-refractivity contribution is 5.81. The number of hydrogen-bond acceptors (Lipinski definition) is 5. The van der Waals surface area contributed by atoms with E-state index in [1.165, 1.54) is 13.3 Å². The van der Waals surface area contributed by atoms with Gasteiger partial charge in [0.05, 0.1) is 24.4 Å². The van der Waals surface area contributed by atoms with E-state index in [2.05, 4.69) is 5.16 Å². The van der Waals surface area contributed by atoms with Crippen LogP contribution in [0.15, 0.2) is 28.9 Å². The third kappa shape index (κ3) is 1.48. The molecule has 2 rings (SSSR count). The smallest absolute Gasteiger partial charge is 0.230 e. The largest absolute Gasteiger partial charge is 0.507 e. The van der Waals surface area contributed by atoms with Gasteiger partial charge in [-0.3, -0.25) is 0 Å². The molecule has 2 aromatic rings. The molecule has 15 heavy (non-hydrogen) atoms. The monoisotopic (exact) mass is 206 g/mol. The minimum absolute atomic E-state index is 0.0734. The Morgan fingerprint density at radius 2 is 2.27 bits per heavy atom. The van der Waals surface area contributed by atoms with E-state index in [4.69, 9.17) is 15.0 Å². The van der Waals surface area contributed by atoms with Crippen LogP contribution in [-0.4, -0.2) is 17.4 Å². The van der Waals surface area contributed by atoms with Crippen LogP contribution in [0.1, 0.15) is 0 Å². The van der Waals surface area contributed by atoms with Gasteiger partial charge in [0.25, 0.3) is 0 Å². The lowest BCUT2D eigenvalue weighted by Gasteiger charge is -2.08. The molecule has 1 aromatic carbocycles. The standard InChI is InChI=1S/C10H10N2O3/c1-14-8-4-2-3-7(13)9(8)6-5-12-15-10(6)11/h2-5,13H,11H2,1H3. The molecule has 1 aromatic heterocycles. The first-order valence-corrected chi connectivity index (χ1v) is 4.30. The van der Waals surface area contributed by atoms with Crippen molar-refractivity contribution in [1.29, 1.82) is 0 Å². The van der Waals surface area contributed by atoms with E-state index in [0.717, 1.165) is 0 Å². The van der Waals surface area contributed by atoms with Gasteiger partial charge in [0, 0.05) is 0 Å². The van der Waals surface area contributed by atoms with Gasteiger partial charge < -0.3 is 20.1 Å². The van der Waals surface area contributed by atoms with E-state index >= 15 is 0 Å². The second-order valence-corrected chi connectivity index (χ2v) is 2.96. The third-order valence-corrected chi connectivity index (χ3v) is 2.09. The van der Waals surface area contributed by atoms with E-state index < -0.39 is 0 Å². The minimum Gasteiger partial charge on any atom is -0.507 e. The molecular formula is C10H10N2O3. The molecule has 0 aliphatic rings. The van der Waals surface area contributed by atoms with Crippen molar-refractivity contribution in [3.05, 3.63) is 24.4 Å². The summed E-state index contributed by atoms with van der Waals surface area (Å²) < 4.78 is 9.85. The number of aromatic hydroxyl groups is 1. The molecule has 5 heteroatoms. The number of benzene rings is 1. The number of phenols is 1. The first-order valence-electron chi connectivity index (χ1n) is 4.30. The lowest BCUT2D eigenvalue weighted by molar-refractivity contribution is 0.410. The highest BCUT2D eigenvalue weighted by Gasteiger charge is 2.16. The van der Waals surface area contributed by atoms with Crippen LogP contribution in [0.5, 0.6) is 11.5 Å². The molecule has 0 unspecified atom stereocenters. The van der Waals surface area contributed by atoms with Gasteiger partial charge in [-0.25, -0.2) is 0 Å². The highest BCUT2D eigenvalue weighted by atomic mass is 16.5. The zero-order valence-corrected chi connectivity index (χ0v) is 8.10. The van der Waals surface area contributed by atoms with Gasteiger partial charge in [0.1, 0.15) is 11.5 Å². The Kier molecular flexibility index (Phi) is 2.21. The van der Waals surface area contributed by atoms with Crippen molar-refractivity contribution in [2.75, 3.05) is 12.8 Å². The summed E-state index contributed by atoms with van der Waals surface area (Å²) in [6, 6.07) is 4.95. The summed E-state index contributed by atoms with van der Waals surface area (Å²) in [6.07, 6.45) is 1.44. The van der Waals surface area contributed by atoms with Crippen molar-refractivity contribution in [3.63, 3.8) is 0 Å². The Morgan fingerprint density at radius 3 is 2.87 bits per heavy atom. The van der Waals surface area contributed by atoms with E-state index in [0.29, 0.717) is 16.9 Å². The molecule has 0 saturated heterocycles. The summed E-state index contributed by atoms with van der Waals surface area (Å²) in [7, 11) is 1.52. The van der Waals surface area contributed by atoms with Gasteiger partial charge in [-0.05, 0) is 12.1 Å². The van der Waals surface area contributed by atoms with Crippen LogP contribution in [0.25, 0.3) is 11.1 Å². The molecule has 0 spiro atoms. The second kappa shape index (κ2) is 3.53. The van der Waals surface area contributed by atoms with E-state index in [1.54, 1.807) is 18.2 Å². The molecule has 0 aliphatic carbocycles. The number of phenolic OH excluding ortho intramolecular Hbond substituents is 1. The molecule has 0 fully saturated rings. The van der Waals surface area contributed by atoms with Crippen LogP contribution < -0.4 is 10.5 Å². The van der Waals surface area contributed by atoms with Gasteiger partial charge in [0.2, 0.25) is 5.88 Å². The van der Waals surface area contributed by atoms with Crippen molar-refractivity contribution in [2.24, 2.45) is 0 Å². The molecule has 0 radical (unpaired) electrons. The summed E-state index contributed by atoms with van der Waals surface area (Å²) in [4.78, 5) is 0. The Labute approximate surface area is 86.1 Å². The Morgan fingerprint density at radius 1 is 1.47 bits per heavy atom. The number of nitrogens with two attached hydrogens (primary N) is 1. The molecule has 0 aliphatic heterocycles. The molecule has 0 atom stereocenters. The quantitative estimate of drug-likeness (QED) is 0.780. The SMILES string of the molecule is COc1cccc(O)c1-c1cnoc1N. The van der Waals surface area contributed by atoms with E-state index in [-0.39, 0.29) is 11.6 Å². The fourth-order valence-electron chi connectivity index (χ4n) is 1.40. The molecule has 78 valence electrons. The van der Waals surface area contributed by atoms with Crippen molar-refractivity contribution >= 4 is 5.88 Å². The molecule has 0 saturated carbocycles. The van der Waals surface area contributed by atoms with Crippen LogP contribution in [0, 0.1) is 0 Å². The fourth-order valence-corrected chi connectivity index (χ4v) is 1.40. The zero-order valence-electron chi connectivity index (χ0n) is 8.10. The molecule has 0 amide bonds. The number of rotatable bonds is 2. The first-order chi connectivity index (χ1) is 7.24. The van der Waals surface area contributed by atoms with Crippen molar-refractivity contribution in [2.45, 2.75) is 0 Å². The number of ether oxygens (including phenoxy) is 1. The molecule has 0 bridgehead atoms. The zero-order chi connectivity index (χ0) is 10.8. The minimum atomic E-state index is 0.0734. The summed E-state index contributed by atoms with van der Waals surface area (Å²) >= 11 is 0. The third-order valence-electron chi connectivity index (χ3n) is 2.09. The van der Waals surface area contributed by atoms with Crippen molar-refractivity contribution < 1.29 is 14.4 Å². The highest BCUT2D eigenvalue weighted by Crippen LogP contribution is 2.39. The van der Waals surface area contributed by atoms with E-state index in [9.17, 15) is 5.11 Å². The van der Waals surface area contributed by atoms with Crippen LogP contribution in [0.3, 0.4) is 0 Å². The lowest BCUT2D eigenvalue weighted by Crippen LogP contribution is -1.90. The van der Waals surface area contributed by atoms with Crippen molar-refractivity contribution in [3.8, 4) is 22.6 Å². The molecule has 5 nitrogen and oxygen atoms in total. The normalized spacial score (nSPS) is 10.2. The maximum atomic E-state index is 9.71. The predicted molar refractivity (Wildman–Crippen MR) is 54.6 cm³/mol. The van der Waals surface area contributed by atoms with Gasteiger partial charge in [0.15, 0.2) is 0 Å². The summed E-state index contributed by atoms with van der Waals surface area (Å²) in [5.41, 5.74) is 6.57. The number of nitrogen functional groups attached to an aromatic ring is 1. The van der Waals surface area contributed by atoms with E-state index in [1.807, 2.05) is 0 Å². The first kappa shape index (κ1) is 9.39. The Hall–Kier alpha value is -2.17. The average Bonchev–Trinajstić information content (AvgIpc) is 2.64. The average molecular weight is 206 g/mol. The van der Waals surface area contributed by atoms with Crippen LogP contribution in [0.2, 0.25) is 0 Å². The van der Waals surface area contributed by atoms with Crippen LogP contribution in [-0.2, 0) is 0 Å². The maximum absolute atomic E-state index is 9.71. The summed E-state index contributed by atoms with van der Waals surface area (Å²) in [5.74, 6) is 0.740. The summed E-state index contributed by atoms with van der Waals surface area (Å²) in [6.45, 7) is 0. The van der Waals surface area contributed by atoms with Gasteiger partial charge in [-0.15, -0.1) is 0 Å². The van der Waals surface area contributed by atoms with Gasteiger partial charge in [-0.1, -0.05) is 11.2 Å². The topological polar surface area (TPSA) is 81.5 Å². The molecule has 3 N–H and O–H groups in total. The Bertz CT molecular complexity index is 479. The summed E-state index contributed by atoms with van der Waals surface area (Å²) in [5, 5.41) is 13.3. The maximum Gasteiger partial charge on any atom is 0.230 e. The Balaban J connectivity index is 2.66. The predicted octanol–water partition coefficient (Wildman–Crippen LogP) is 1.64. The van der Waals surface area contributed by atoms with Gasteiger partial charge >= 0.3 is 0 Å². The molecule has 1 heterocycles. The lowest BCUT2D eigenvalue weighted by atomic mass is 10.1. The van der Waals surface area contributed by atoms with Crippen molar-refractivity contribution in [1.82, 2.24) is 5.16 Å².